The topological polar surface area (TPSA) is 69.2 Å². The maximum atomic E-state index is 13.3. The molecular formula is C15H11F3N2O3S2. The molecule has 2 heterocycles. The van der Waals surface area contributed by atoms with E-state index in [1.54, 1.807) is 18.2 Å². The van der Waals surface area contributed by atoms with E-state index < -0.39 is 32.4 Å². The zero-order chi connectivity index (χ0) is 18.4. The van der Waals surface area contributed by atoms with Gasteiger partial charge in [-0.2, -0.15) is 13.2 Å². The molecule has 0 aliphatic heterocycles. The maximum absolute atomic E-state index is 13.3. The second-order valence-electron chi connectivity index (χ2n) is 5.20. The quantitative estimate of drug-likeness (QED) is 0.639. The first-order valence-electron chi connectivity index (χ1n) is 6.82. The largest absolute Gasteiger partial charge is 0.497 e. The Hall–Kier alpha value is -2.20. The van der Waals surface area contributed by atoms with Gasteiger partial charge >= 0.3 is 6.18 Å². The highest BCUT2D eigenvalue weighted by Gasteiger charge is 2.36. The molecule has 0 radical (unpaired) electrons. The van der Waals surface area contributed by atoms with E-state index in [4.69, 9.17) is 4.74 Å². The predicted molar refractivity (Wildman–Crippen MR) is 87.5 cm³/mol. The molecule has 5 nitrogen and oxygen atoms in total. The van der Waals surface area contributed by atoms with Crippen molar-refractivity contribution in [3.05, 3.63) is 36.0 Å². The molecule has 0 unspecified atom stereocenters. The normalized spacial score (nSPS) is 12.5. The summed E-state index contributed by atoms with van der Waals surface area (Å²) < 4.78 is 68.9. The van der Waals surface area contributed by atoms with Crippen molar-refractivity contribution >= 4 is 31.3 Å². The standard InChI is InChI=1S/C15H11F3N2O3S2/c1-23-9-3-4-11-8(5-9)6-12(24-11)13-10(15(16,17)18)7-19-14(20-13)25(2,21)22/h3-7H,1-2H3. The minimum absolute atomic E-state index is 0.197. The van der Waals surface area contributed by atoms with Crippen LogP contribution in [0.25, 0.3) is 20.7 Å². The van der Waals surface area contributed by atoms with Gasteiger partial charge in [0, 0.05) is 17.2 Å². The highest BCUT2D eigenvalue weighted by Crippen LogP contribution is 2.40. The van der Waals surface area contributed by atoms with Gasteiger partial charge in [-0.15, -0.1) is 11.3 Å². The number of methoxy groups -OCH3 is 1. The summed E-state index contributed by atoms with van der Waals surface area (Å²) in [5.74, 6) is 0.562. The Morgan fingerprint density at radius 3 is 2.52 bits per heavy atom. The van der Waals surface area contributed by atoms with Gasteiger partial charge in [-0.1, -0.05) is 0 Å². The molecule has 3 aromatic rings. The molecular weight excluding hydrogens is 377 g/mol. The zero-order valence-corrected chi connectivity index (χ0v) is 14.6. The summed E-state index contributed by atoms with van der Waals surface area (Å²) >= 11 is 1.08. The molecule has 0 bridgehead atoms. The lowest BCUT2D eigenvalue weighted by Crippen LogP contribution is -2.13. The number of halogens is 3. The Bertz CT molecular complexity index is 1060. The molecule has 2 aromatic heterocycles. The summed E-state index contributed by atoms with van der Waals surface area (Å²) in [7, 11) is -2.36. The van der Waals surface area contributed by atoms with Crippen molar-refractivity contribution < 1.29 is 26.3 Å². The molecule has 0 spiro atoms. The molecule has 0 aliphatic carbocycles. The van der Waals surface area contributed by atoms with Gasteiger partial charge in [-0.3, -0.25) is 0 Å². The van der Waals surface area contributed by atoms with Crippen LogP contribution in [0.5, 0.6) is 5.75 Å². The second kappa shape index (κ2) is 5.95. The van der Waals surface area contributed by atoms with Crippen LogP contribution in [-0.2, 0) is 16.0 Å². The minimum atomic E-state index is -4.71. The first kappa shape index (κ1) is 17.6. The third-order valence-electron chi connectivity index (χ3n) is 3.36. The number of ether oxygens (including phenoxy) is 1. The van der Waals surface area contributed by atoms with Gasteiger partial charge in [-0.25, -0.2) is 18.4 Å². The molecule has 25 heavy (non-hydrogen) atoms. The summed E-state index contributed by atoms with van der Waals surface area (Å²) in [5, 5.41) is 0.0255. The molecule has 0 saturated heterocycles. The molecule has 0 saturated carbocycles. The Kier molecular flexibility index (Phi) is 4.20. The van der Waals surface area contributed by atoms with Crippen LogP contribution in [0.2, 0.25) is 0 Å². The third-order valence-corrected chi connectivity index (χ3v) is 5.34. The lowest BCUT2D eigenvalue weighted by Gasteiger charge is -2.11. The summed E-state index contributed by atoms with van der Waals surface area (Å²) in [6.07, 6.45) is -3.36. The van der Waals surface area contributed by atoms with Crippen LogP contribution in [0.3, 0.4) is 0 Å². The lowest BCUT2D eigenvalue weighted by molar-refractivity contribution is -0.137. The molecule has 0 N–H and O–H groups in total. The number of fused-ring (bicyclic) bond motifs is 1. The van der Waals surface area contributed by atoms with E-state index in [-0.39, 0.29) is 4.88 Å². The number of aromatic nitrogens is 2. The second-order valence-corrected chi connectivity index (χ2v) is 8.19. The van der Waals surface area contributed by atoms with Crippen LogP contribution >= 0.6 is 11.3 Å². The van der Waals surface area contributed by atoms with Crippen LogP contribution in [0, 0.1) is 0 Å². The number of hydrogen-bond donors (Lipinski definition) is 0. The first-order chi connectivity index (χ1) is 11.6. The zero-order valence-electron chi connectivity index (χ0n) is 13.0. The Labute approximate surface area is 145 Å². The number of hydrogen-bond acceptors (Lipinski definition) is 6. The Morgan fingerprint density at radius 1 is 1.20 bits per heavy atom. The lowest BCUT2D eigenvalue weighted by atomic mass is 10.1. The smallest absolute Gasteiger partial charge is 0.420 e. The van der Waals surface area contributed by atoms with E-state index in [2.05, 4.69) is 9.97 Å². The van der Waals surface area contributed by atoms with Crippen molar-refractivity contribution in [2.75, 3.05) is 13.4 Å². The molecule has 0 fully saturated rings. The van der Waals surface area contributed by atoms with E-state index in [0.717, 1.165) is 22.3 Å². The highest BCUT2D eigenvalue weighted by molar-refractivity contribution is 7.90. The van der Waals surface area contributed by atoms with Gasteiger partial charge < -0.3 is 4.74 Å². The Morgan fingerprint density at radius 2 is 1.92 bits per heavy atom. The van der Waals surface area contributed by atoms with Crippen molar-refractivity contribution in [2.24, 2.45) is 0 Å². The molecule has 3 rings (SSSR count). The van der Waals surface area contributed by atoms with Crippen molar-refractivity contribution in [3.8, 4) is 16.3 Å². The number of rotatable bonds is 3. The van der Waals surface area contributed by atoms with Gasteiger partial charge in [0.1, 0.15) is 11.3 Å². The fourth-order valence-corrected chi connectivity index (χ4v) is 3.75. The van der Waals surface area contributed by atoms with Crippen LogP contribution in [0.4, 0.5) is 13.2 Å². The van der Waals surface area contributed by atoms with Crippen LogP contribution in [-0.4, -0.2) is 31.8 Å². The van der Waals surface area contributed by atoms with Gasteiger partial charge in [0.15, 0.2) is 0 Å². The van der Waals surface area contributed by atoms with Crippen LogP contribution < -0.4 is 4.74 Å². The van der Waals surface area contributed by atoms with Gasteiger partial charge in [0.2, 0.25) is 15.0 Å². The maximum Gasteiger partial charge on any atom is 0.420 e. The van der Waals surface area contributed by atoms with E-state index in [1.165, 1.54) is 13.2 Å². The number of sulfone groups is 1. The van der Waals surface area contributed by atoms with Crippen molar-refractivity contribution in [2.45, 2.75) is 11.3 Å². The summed E-state index contributed by atoms with van der Waals surface area (Å²) in [4.78, 5) is 7.23. The van der Waals surface area contributed by atoms with Crippen LogP contribution in [0.1, 0.15) is 5.56 Å². The van der Waals surface area contributed by atoms with E-state index in [9.17, 15) is 21.6 Å². The van der Waals surface area contributed by atoms with Gasteiger partial charge in [-0.05, 0) is 29.7 Å². The fraction of sp³-hybridized carbons (Fsp3) is 0.200. The average molecular weight is 388 g/mol. The van der Waals surface area contributed by atoms with Crippen molar-refractivity contribution in [1.29, 1.82) is 0 Å². The summed E-state index contributed by atoms with van der Waals surface area (Å²) in [6.45, 7) is 0. The van der Waals surface area contributed by atoms with E-state index in [0.29, 0.717) is 17.3 Å². The SMILES string of the molecule is COc1ccc2sc(-c3nc(S(C)(=O)=O)ncc3C(F)(F)F)cc2c1. The number of nitrogens with zero attached hydrogens (tertiary/aromatic N) is 2. The molecule has 10 heteroatoms. The monoisotopic (exact) mass is 388 g/mol. The molecule has 0 amide bonds. The minimum Gasteiger partial charge on any atom is -0.497 e. The van der Waals surface area contributed by atoms with E-state index >= 15 is 0 Å². The van der Waals surface area contributed by atoms with Crippen molar-refractivity contribution in [3.63, 3.8) is 0 Å². The van der Waals surface area contributed by atoms with Gasteiger partial charge in [0.25, 0.3) is 0 Å². The molecule has 1 aromatic carbocycles. The highest BCUT2D eigenvalue weighted by atomic mass is 32.2. The third kappa shape index (κ3) is 3.45. The number of thiophene rings is 1. The number of alkyl halides is 3. The van der Waals surface area contributed by atoms with E-state index in [1.807, 2.05) is 0 Å². The predicted octanol–water partition coefficient (Wildman–Crippen LogP) is 3.79. The number of benzene rings is 1. The van der Waals surface area contributed by atoms with Gasteiger partial charge in [0.05, 0.1) is 17.7 Å². The van der Waals surface area contributed by atoms with Crippen molar-refractivity contribution in [1.82, 2.24) is 9.97 Å². The molecule has 0 aliphatic rings. The first-order valence-corrected chi connectivity index (χ1v) is 9.52. The fourth-order valence-electron chi connectivity index (χ4n) is 2.20. The molecule has 132 valence electrons. The average Bonchev–Trinajstić information content (AvgIpc) is 2.95. The molecule has 0 atom stereocenters. The Balaban J connectivity index is 2.27. The summed E-state index contributed by atoms with van der Waals surface area (Å²) in [5.41, 5.74) is -1.54. The summed E-state index contributed by atoms with van der Waals surface area (Å²) in [6, 6.07) is 6.61. The van der Waals surface area contributed by atoms with Crippen LogP contribution in [0.15, 0.2) is 35.6 Å².